The number of nitrogens with zero attached hydrogens (tertiary/aromatic N) is 3. The Kier molecular flexibility index (Phi) is 6.66. The molecule has 8 heteroatoms. The highest BCUT2D eigenvalue weighted by Crippen LogP contribution is 2.33. The minimum absolute atomic E-state index is 0.507. The van der Waals surface area contributed by atoms with Crippen LogP contribution in [0.1, 0.15) is 16.3 Å². The summed E-state index contributed by atoms with van der Waals surface area (Å²) in [5.41, 5.74) is 1.24. The van der Waals surface area contributed by atoms with Crippen LogP contribution >= 0.6 is 11.3 Å². The second-order valence-corrected chi connectivity index (χ2v) is 8.47. The van der Waals surface area contributed by atoms with E-state index in [1.807, 2.05) is 24.3 Å². The van der Waals surface area contributed by atoms with Gasteiger partial charge in [0.2, 0.25) is 0 Å². The summed E-state index contributed by atoms with van der Waals surface area (Å²) in [6.07, 6.45) is 0. The summed E-state index contributed by atoms with van der Waals surface area (Å²) in [4.78, 5) is 14.4. The molecule has 7 nitrogen and oxygen atoms in total. The summed E-state index contributed by atoms with van der Waals surface area (Å²) in [7, 11) is 1.65. The van der Waals surface area contributed by atoms with Gasteiger partial charge in [0.15, 0.2) is 11.5 Å². The largest absolute Gasteiger partial charge is 0.493 e. The molecule has 0 aliphatic carbocycles. The first-order valence-electron chi connectivity index (χ1n) is 10.2. The number of rotatable bonds is 8. The molecular formula is C22H28N4O3S. The highest BCUT2D eigenvalue weighted by atomic mass is 32.1. The summed E-state index contributed by atoms with van der Waals surface area (Å²) in [6.45, 7) is 9.52. The third-order valence-electron chi connectivity index (χ3n) is 5.26. The van der Waals surface area contributed by atoms with Gasteiger partial charge < -0.3 is 19.5 Å². The fraction of sp³-hybridized carbons (Fsp3) is 0.455. The Morgan fingerprint density at radius 3 is 2.67 bits per heavy atom. The molecule has 0 radical (unpaired) electrons. The molecule has 1 fully saturated rings. The van der Waals surface area contributed by atoms with Crippen LogP contribution in [-0.2, 0) is 11.3 Å². The van der Waals surface area contributed by atoms with Crippen molar-refractivity contribution in [1.82, 2.24) is 14.9 Å². The summed E-state index contributed by atoms with van der Waals surface area (Å²) < 4.78 is 16.7. The molecule has 0 unspecified atom stereocenters. The molecule has 1 aliphatic heterocycles. The molecule has 30 heavy (non-hydrogen) atoms. The number of benzene rings is 1. The van der Waals surface area contributed by atoms with Crippen molar-refractivity contribution in [2.45, 2.75) is 20.4 Å². The average Bonchev–Trinajstić information content (AvgIpc) is 3.05. The number of aromatic nitrogens is 2. The van der Waals surface area contributed by atoms with Gasteiger partial charge in [-0.1, -0.05) is 12.1 Å². The summed E-state index contributed by atoms with van der Waals surface area (Å²) in [5.74, 6) is 3.21. The van der Waals surface area contributed by atoms with Gasteiger partial charge in [-0.25, -0.2) is 9.97 Å². The van der Waals surface area contributed by atoms with Crippen LogP contribution in [-0.4, -0.2) is 61.4 Å². The molecule has 0 spiro atoms. The van der Waals surface area contributed by atoms with Gasteiger partial charge in [0, 0.05) is 18.0 Å². The molecule has 4 rings (SSSR count). The maximum atomic E-state index is 5.90. The van der Waals surface area contributed by atoms with Gasteiger partial charge >= 0.3 is 0 Å². The summed E-state index contributed by atoms with van der Waals surface area (Å²) >= 11 is 1.73. The van der Waals surface area contributed by atoms with E-state index in [-0.39, 0.29) is 0 Å². The van der Waals surface area contributed by atoms with Crippen molar-refractivity contribution < 1.29 is 14.2 Å². The van der Waals surface area contributed by atoms with Crippen LogP contribution < -0.4 is 14.8 Å². The van der Waals surface area contributed by atoms with E-state index in [0.717, 1.165) is 66.2 Å². The molecule has 1 N–H and O–H groups in total. The zero-order chi connectivity index (χ0) is 20.9. The lowest BCUT2D eigenvalue weighted by atomic mass is 10.2. The molecule has 0 bridgehead atoms. The van der Waals surface area contributed by atoms with Crippen molar-refractivity contribution in [3.63, 3.8) is 0 Å². The lowest BCUT2D eigenvalue weighted by Crippen LogP contribution is -2.36. The topological polar surface area (TPSA) is 68.7 Å². The van der Waals surface area contributed by atoms with Crippen molar-refractivity contribution in [1.29, 1.82) is 0 Å². The van der Waals surface area contributed by atoms with Crippen molar-refractivity contribution in [3.05, 3.63) is 40.5 Å². The minimum Gasteiger partial charge on any atom is -0.493 e. The number of aryl methyl sites for hydroxylation is 2. The first-order chi connectivity index (χ1) is 14.7. The van der Waals surface area contributed by atoms with E-state index < -0.39 is 0 Å². The number of fused-ring (bicyclic) bond motifs is 1. The molecule has 1 aliphatic rings. The molecule has 3 heterocycles. The first kappa shape index (κ1) is 20.8. The number of nitrogens with one attached hydrogen (secondary N) is 1. The average molecular weight is 429 g/mol. The van der Waals surface area contributed by atoms with Gasteiger partial charge in [0.25, 0.3) is 0 Å². The van der Waals surface area contributed by atoms with E-state index in [0.29, 0.717) is 13.2 Å². The third-order valence-corrected chi connectivity index (χ3v) is 6.37. The second kappa shape index (κ2) is 9.59. The number of anilines is 1. The highest BCUT2D eigenvalue weighted by molar-refractivity contribution is 7.18. The Morgan fingerprint density at radius 2 is 1.90 bits per heavy atom. The monoisotopic (exact) mass is 428 g/mol. The van der Waals surface area contributed by atoms with Crippen LogP contribution in [0.3, 0.4) is 0 Å². The SMILES string of the molecule is COc1ccccc1OCCNc1nc(CN2CCOCC2)nc2sc(C)c(C)c12. The number of morpholine rings is 1. The third kappa shape index (κ3) is 4.66. The van der Waals surface area contributed by atoms with Gasteiger partial charge in [0.05, 0.1) is 38.8 Å². The molecule has 160 valence electrons. The predicted molar refractivity (Wildman–Crippen MR) is 120 cm³/mol. The van der Waals surface area contributed by atoms with E-state index in [4.69, 9.17) is 24.2 Å². The number of hydrogen-bond acceptors (Lipinski definition) is 8. The Hall–Kier alpha value is -2.42. The fourth-order valence-corrected chi connectivity index (χ4v) is 4.57. The van der Waals surface area contributed by atoms with Crippen LogP contribution in [0.4, 0.5) is 5.82 Å². The van der Waals surface area contributed by atoms with Crippen molar-refractivity contribution in [2.24, 2.45) is 0 Å². The van der Waals surface area contributed by atoms with Crippen LogP contribution in [0, 0.1) is 13.8 Å². The Labute approximate surface area is 181 Å². The van der Waals surface area contributed by atoms with Crippen LogP contribution in [0.25, 0.3) is 10.2 Å². The highest BCUT2D eigenvalue weighted by Gasteiger charge is 2.17. The molecule has 3 aromatic rings. The van der Waals surface area contributed by atoms with Crippen LogP contribution in [0.2, 0.25) is 0 Å². The minimum atomic E-state index is 0.507. The van der Waals surface area contributed by atoms with E-state index in [9.17, 15) is 0 Å². The maximum Gasteiger partial charge on any atom is 0.161 e. The maximum absolute atomic E-state index is 5.90. The Bertz CT molecular complexity index is 1000. The van der Waals surface area contributed by atoms with Crippen LogP contribution in [0.5, 0.6) is 11.5 Å². The number of para-hydroxylation sites is 2. The van der Waals surface area contributed by atoms with Crippen molar-refractivity contribution in [2.75, 3.05) is 51.9 Å². The number of thiophene rings is 1. The number of ether oxygens (including phenoxy) is 3. The lowest BCUT2D eigenvalue weighted by molar-refractivity contribution is 0.0331. The van der Waals surface area contributed by atoms with Crippen molar-refractivity contribution in [3.8, 4) is 11.5 Å². The van der Waals surface area contributed by atoms with E-state index >= 15 is 0 Å². The molecule has 0 atom stereocenters. The number of hydrogen-bond donors (Lipinski definition) is 1. The molecule has 0 saturated carbocycles. The molecule has 2 aromatic heterocycles. The van der Waals surface area contributed by atoms with Gasteiger partial charge in [-0.2, -0.15) is 0 Å². The quantitative estimate of drug-likeness (QED) is 0.549. The molecule has 0 amide bonds. The van der Waals surface area contributed by atoms with Crippen LogP contribution in [0.15, 0.2) is 24.3 Å². The zero-order valence-corrected chi connectivity index (χ0v) is 18.6. The lowest BCUT2D eigenvalue weighted by Gasteiger charge is -2.25. The Morgan fingerprint density at radius 1 is 1.13 bits per heavy atom. The predicted octanol–water partition coefficient (Wildman–Crippen LogP) is 3.64. The first-order valence-corrected chi connectivity index (χ1v) is 11.0. The Balaban J connectivity index is 1.48. The zero-order valence-electron chi connectivity index (χ0n) is 17.7. The molecule has 1 saturated heterocycles. The van der Waals surface area contributed by atoms with Crippen molar-refractivity contribution >= 4 is 27.4 Å². The second-order valence-electron chi connectivity index (χ2n) is 7.27. The van der Waals surface area contributed by atoms with Gasteiger partial charge in [-0.15, -0.1) is 11.3 Å². The molecule has 1 aromatic carbocycles. The summed E-state index contributed by atoms with van der Waals surface area (Å²) in [6, 6.07) is 7.68. The smallest absolute Gasteiger partial charge is 0.161 e. The van der Waals surface area contributed by atoms with Gasteiger partial charge in [-0.05, 0) is 31.5 Å². The fourth-order valence-electron chi connectivity index (χ4n) is 3.52. The summed E-state index contributed by atoms with van der Waals surface area (Å²) in [5, 5.41) is 4.59. The van der Waals surface area contributed by atoms with E-state index in [2.05, 4.69) is 24.1 Å². The van der Waals surface area contributed by atoms with Gasteiger partial charge in [-0.3, -0.25) is 4.90 Å². The van der Waals surface area contributed by atoms with E-state index in [1.54, 1.807) is 18.4 Å². The number of methoxy groups -OCH3 is 1. The molecular weight excluding hydrogens is 400 g/mol. The van der Waals surface area contributed by atoms with Gasteiger partial charge in [0.1, 0.15) is 23.1 Å². The van der Waals surface area contributed by atoms with E-state index in [1.165, 1.54) is 10.4 Å². The normalized spacial score (nSPS) is 14.8. The standard InChI is InChI=1S/C22H28N4O3S/c1-15-16(2)30-22-20(15)21(24-19(25-22)14-26-9-12-28-13-10-26)23-8-11-29-18-7-5-4-6-17(18)27-3/h4-7H,8-14H2,1-3H3,(H,23,24,25).